The average molecular weight is 448 g/mol. The van der Waals surface area contributed by atoms with Gasteiger partial charge in [-0.05, 0) is 37.6 Å². The van der Waals surface area contributed by atoms with Gasteiger partial charge >= 0.3 is 0 Å². The van der Waals surface area contributed by atoms with Crippen LogP contribution < -0.4 is 9.64 Å². The molecule has 0 radical (unpaired) electrons. The largest absolute Gasteiger partial charge is 0.479 e. The smallest absolute Gasteiger partial charge is 0.268 e. The summed E-state index contributed by atoms with van der Waals surface area (Å²) in [6, 6.07) is 15.2. The number of piperazine rings is 1. The number of anilines is 1. The molecule has 0 aromatic heterocycles. The van der Waals surface area contributed by atoms with Crippen molar-refractivity contribution in [2.45, 2.75) is 20.0 Å². The van der Waals surface area contributed by atoms with Gasteiger partial charge in [0.05, 0.1) is 5.69 Å². The minimum absolute atomic E-state index is 0.0607. The number of hydrogen-bond donors (Lipinski definition) is 0. The van der Waals surface area contributed by atoms with Crippen molar-refractivity contribution in [1.82, 2.24) is 9.80 Å². The van der Waals surface area contributed by atoms with E-state index in [-0.39, 0.29) is 24.1 Å². The average Bonchev–Trinajstić information content (AvgIpc) is 2.82. The summed E-state index contributed by atoms with van der Waals surface area (Å²) in [5.41, 5.74) is 2.13. The van der Waals surface area contributed by atoms with E-state index in [1.165, 1.54) is 17.4 Å². The Balaban J connectivity index is 1.36. The molecule has 2 aliphatic heterocycles. The summed E-state index contributed by atoms with van der Waals surface area (Å²) in [5.74, 6) is 0.0276. The van der Waals surface area contributed by atoms with Crippen LogP contribution in [0.15, 0.2) is 54.6 Å². The highest BCUT2D eigenvalue weighted by Gasteiger charge is 2.34. The normalized spacial score (nSPS) is 18.8. The third-order valence-corrected chi connectivity index (χ3v) is 6.07. The second kappa shape index (κ2) is 10.0. The predicted molar refractivity (Wildman–Crippen MR) is 127 cm³/mol. The van der Waals surface area contributed by atoms with Crippen LogP contribution in [0.2, 0.25) is 0 Å². The molecule has 2 aromatic carbocycles. The molecule has 0 spiro atoms. The van der Waals surface area contributed by atoms with Crippen molar-refractivity contribution in [3.8, 4) is 5.75 Å². The maximum atomic E-state index is 13.0. The minimum atomic E-state index is -0.679. The molecule has 172 valence electrons. The molecule has 1 unspecified atom stereocenters. The summed E-state index contributed by atoms with van der Waals surface area (Å²) in [7, 11) is 0. The number of Topliss-reactive ketones (excluding diaryl/α,β-unsaturated/α-hetero) is 1. The number of ether oxygens (including phenoxy) is 1. The monoisotopic (exact) mass is 447 g/mol. The van der Waals surface area contributed by atoms with Crippen molar-refractivity contribution in [1.29, 1.82) is 0 Å². The molecule has 0 N–H and O–H groups in total. The molecule has 1 fully saturated rings. The first-order chi connectivity index (χ1) is 15.9. The number of fused-ring (bicyclic) bond motifs is 1. The zero-order valence-corrected chi connectivity index (χ0v) is 19.1. The predicted octanol–water partition coefficient (Wildman–Crippen LogP) is 2.86. The number of rotatable bonds is 6. The Kier molecular flexibility index (Phi) is 6.89. The van der Waals surface area contributed by atoms with Crippen molar-refractivity contribution in [3.05, 3.63) is 65.7 Å². The molecule has 0 bridgehead atoms. The quantitative estimate of drug-likeness (QED) is 0.637. The van der Waals surface area contributed by atoms with Crippen LogP contribution in [-0.4, -0.2) is 72.8 Å². The highest BCUT2D eigenvalue weighted by Crippen LogP contribution is 2.35. The van der Waals surface area contributed by atoms with E-state index in [2.05, 4.69) is 29.2 Å². The number of carbonyl (C=O) groups excluding carboxylic acids is 3. The zero-order chi connectivity index (χ0) is 23.4. The molecular weight excluding hydrogens is 418 g/mol. The molecule has 2 heterocycles. The van der Waals surface area contributed by atoms with Crippen LogP contribution in [-0.2, 0) is 9.59 Å². The van der Waals surface area contributed by atoms with E-state index in [1.54, 1.807) is 30.0 Å². The van der Waals surface area contributed by atoms with E-state index >= 15 is 0 Å². The van der Waals surface area contributed by atoms with Gasteiger partial charge in [-0.15, -0.1) is 0 Å². The van der Waals surface area contributed by atoms with E-state index < -0.39 is 6.10 Å². The molecule has 7 nitrogen and oxygen atoms in total. The Morgan fingerprint density at radius 2 is 1.79 bits per heavy atom. The number of hydrogen-bond acceptors (Lipinski definition) is 5. The third kappa shape index (κ3) is 5.31. The first-order valence-electron chi connectivity index (χ1n) is 11.3. The topological polar surface area (TPSA) is 70.2 Å². The maximum Gasteiger partial charge on any atom is 0.268 e. The fourth-order valence-electron chi connectivity index (χ4n) is 4.11. The van der Waals surface area contributed by atoms with Crippen molar-refractivity contribution in [2.75, 3.05) is 44.2 Å². The second-order valence-electron chi connectivity index (χ2n) is 8.42. The molecule has 0 saturated carbocycles. The molecule has 2 aliphatic rings. The fraction of sp³-hybridized carbons (Fsp3) is 0.346. The van der Waals surface area contributed by atoms with Crippen LogP contribution in [0.25, 0.3) is 6.08 Å². The Morgan fingerprint density at radius 3 is 2.48 bits per heavy atom. The molecule has 4 rings (SSSR count). The van der Waals surface area contributed by atoms with Crippen LogP contribution in [0.3, 0.4) is 0 Å². The maximum absolute atomic E-state index is 13.0. The molecule has 2 aromatic rings. The molecule has 7 heteroatoms. The van der Waals surface area contributed by atoms with Gasteiger partial charge < -0.3 is 9.64 Å². The van der Waals surface area contributed by atoms with Crippen LogP contribution in [0.5, 0.6) is 5.75 Å². The van der Waals surface area contributed by atoms with Gasteiger partial charge in [-0.3, -0.25) is 24.2 Å². The molecule has 33 heavy (non-hydrogen) atoms. The first kappa shape index (κ1) is 22.7. The van der Waals surface area contributed by atoms with Gasteiger partial charge in [0.25, 0.3) is 5.91 Å². The first-order valence-corrected chi connectivity index (χ1v) is 11.3. The van der Waals surface area contributed by atoms with Crippen molar-refractivity contribution in [3.63, 3.8) is 0 Å². The summed E-state index contributed by atoms with van der Waals surface area (Å²) in [5, 5.41) is 0. The number of amides is 2. The lowest BCUT2D eigenvalue weighted by atomic mass is 10.1. The van der Waals surface area contributed by atoms with Crippen molar-refractivity contribution in [2.24, 2.45) is 0 Å². The van der Waals surface area contributed by atoms with Crippen LogP contribution in [0, 0.1) is 0 Å². The van der Waals surface area contributed by atoms with E-state index in [0.717, 1.165) is 19.6 Å². The molecular formula is C26H29N3O4. The molecule has 1 atom stereocenters. The summed E-state index contributed by atoms with van der Waals surface area (Å²) in [6.45, 7) is 6.71. The van der Waals surface area contributed by atoms with Crippen molar-refractivity contribution >= 4 is 29.4 Å². The van der Waals surface area contributed by atoms with Gasteiger partial charge in [-0.2, -0.15) is 0 Å². The molecule has 2 amide bonds. The van der Waals surface area contributed by atoms with Crippen molar-refractivity contribution < 1.29 is 19.1 Å². The summed E-state index contributed by atoms with van der Waals surface area (Å²) >= 11 is 0. The number of nitrogens with zero attached hydrogens (tertiary/aromatic N) is 3. The number of benzene rings is 2. The fourth-order valence-corrected chi connectivity index (χ4v) is 4.11. The van der Waals surface area contributed by atoms with Crippen LogP contribution in [0.4, 0.5) is 5.69 Å². The standard InChI is InChI=1S/C26H29N3O4/c1-19(30)22-10-11-24-23(17-22)29(26(32)20(2)33-24)18-25(31)28-15-13-27(14-16-28)12-6-9-21-7-4-3-5-8-21/h3-11,17,20H,12-16,18H2,1-2H3/b9-6+. The highest BCUT2D eigenvalue weighted by atomic mass is 16.5. The van der Waals surface area contributed by atoms with Gasteiger partial charge in [0.15, 0.2) is 11.9 Å². The van der Waals surface area contributed by atoms with E-state index in [9.17, 15) is 14.4 Å². The SMILES string of the molecule is CC(=O)c1ccc2c(c1)N(CC(=O)N1CCN(C/C=C/c3ccccc3)CC1)C(=O)C(C)O2. The minimum Gasteiger partial charge on any atom is -0.479 e. The summed E-state index contributed by atoms with van der Waals surface area (Å²) in [6.07, 6.45) is 3.57. The van der Waals surface area contributed by atoms with E-state index in [0.29, 0.717) is 30.1 Å². The lowest BCUT2D eigenvalue weighted by Crippen LogP contribution is -2.53. The lowest BCUT2D eigenvalue weighted by Gasteiger charge is -2.37. The molecule has 1 saturated heterocycles. The Labute approximate surface area is 194 Å². The van der Waals surface area contributed by atoms with Gasteiger partial charge in [0.1, 0.15) is 12.3 Å². The van der Waals surface area contributed by atoms with Gasteiger partial charge in [0, 0.05) is 38.3 Å². The van der Waals surface area contributed by atoms with E-state index in [4.69, 9.17) is 4.74 Å². The molecule has 0 aliphatic carbocycles. The zero-order valence-electron chi connectivity index (χ0n) is 19.1. The summed E-state index contributed by atoms with van der Waals surface area (Å²) in [4.78, 5) is 43.2. The lowest BCUT2D eigenvalue weighted by molar-refractivity contribution is -0.134. The van der Waals surface area contributed by atoms with Crippen LogP contribution in [0.1, 0.15) is 29.8 Å². The number of ketones is 1. The Bertz CT molecular complexity index is 1060. The second-order valence-corrected chi connectivity index (χ2v) is 8.42. The van der Waals surface area contributed by atoms with E-state index in [1.807, 2.05) is 18.2 Å². The highest BCUT2D eigenvalue weighted by molar-refractivity contribution is 6.05. The third-order valence-electron chi connectivity index (χ3n) is 6.07. The van der Waals surface area contributed by atoms with Gasteiger partial charge in [-0.25, -0.2) is 0 Å². The summed E-state index contributed by atoms with van der Waals surface area (Å²) < 4.78 is 5.68. The van der Waals surface area contributed by atoms with Gasteiger partial charge in [0.2, 0.25) is 5.91 Å². The van der Waals surface area contributed by atoms with Crippen LogP contribution >= 0.6 is 0 Å². The number of carbonyl (C=O) groups is 3. The van der Waals surface area contributed by atoms with Gasteiger partial charge in [-0.1, -0.05) is 42.5 Å². The Hall–Kier alpha value is -3.45. The Morgan fingerprint density at radius 1 is 1.06 bits per heavy atom.